The van der Waals surface area contributed by atoms with Gasteiger partial charge in [-0.3, -0.25) is 9.89 Å². The van der Waals surface area contributed by atoms with Gasteiger partial charge < -0.3 is 16.4 Å². The smallest absolute Gasteiger partial charge is 0.255 e. The number of aromatic nitrogens is 3. The molecule has 0 bridgehead atoms. The van der Waals surface area contributed by atoms with E-state index in [0.29, 0.717) is 29.4 Å². The van der Waals surface area contributed by atoms with E-state index in [1.165, 1.54) is 5.56 Å². The van der Waals surface area contributed by atoms with Crippen LogP contribution in [0.4, 0.5) is 5.69 Å². The zero-order valence-electron chi connectivity index (χ0n) is 16.9. The number of hydrogen-bond acceptors (Lipinski definition) is 4. The highest BCUT2D eigenvalue weighted by atomic mass is 16.1. The second kappa shape index (κ2) is 9.53. The van der Waals surface area contributed by atoms with Gasteiger partial charge in [0.2, 0.25) is 0 Å². The minimum absolute atomic E-state index is 0.203. The number of nitrogens with zero attached hydrogens (tertiary/aromatic N) is 3. The van der Waals surface area contributed by atoms with Gasteiger partial charge in [0.15, 0.2) is 11.6 Å². The quantitative estimate of drug-likeness (QED) is 0.274. The van der Waals surface area contributed by atoms with Gasteiger partial charge in [0.05, 0.1) is 23.8 Å². The van der Waals surface area contributed by atoms with E-state index in [-0.39, 0.29) is 5.91 Å². The van der Waals surface area contributed by atoms with E-state index < -0.39 is 0 Å². The molecule has 0 unspecified atom stereocenters. The van der Waals surface area contributed by atoms with Gasteiger partial charge in [0, 0.05) is 18.3 Å². The Balaban J connectivity index is 1.30. The average Bonchev–Trinajstić information content (AvgIpc) is 3.29. The third-order valence-electron chi connectivity index (χ3n) is 4.81. The first-order chi connectivity index (χ1) is 15.2. The topological polar surface area (TPSA) is 121 Å². The molecule has 0 aliphatic heterocycles. The minimum atomic E-state index is -0.203. The van der Waals surface area contributed by atoms with Gasteiger partial charge in [-0.05, 0) is 35.7 Å². The Morgan fingerprint density at radius 1 is 1.03 bits per heavy atom. The number of carbonyl (C=O) groups is 1. The lowest BCUT2D eigenvalue weighted by molar-refractivity contribution is 0.102. The lowest BCUT2D eigenvalue weighted by Crippen LogP contribution is -2.33. The van der Waals surface area contributed by atoms with Crippen LogP contribution in [0.3, 0.4) is 0 Å². The number of aromatic amines is 1. The van der Waals surface area contributed by atoms with Gasteiger partial charge >= 0.3 is 0 Å². The molecule has 156 valence electrons. The maximum absolute atomic E-state index is 12.6. The molecule has 2 aromatic carbocycles. The van der Waals surface area contributed by atoms with Crippen LogP contribution in [0.1, 0.15) is 21.5 Å². The van der Waals surface area contributed by atoms with Crippen molar-refractivity contribution in [2.75, 3.05) is 11.9 Å². The first-order valence-corrected chi connectivity index (χ1v) is 9.95. The number of carbonyl (C=O) groups excluding carboxylic acids is 1. The molecule has 1 amide bonds. The molecule has 0 aliphatic rings. The number of nitrogens with two attached hydrogens (primary N) is 1. The number of nitrogens with one attached hydrogen (secondary N) is 3. The third-order valence-corrected chi connectivity index (χ3v) is 4.81. The van der Waals surface area contributed by atoms with Crippen LogP contribution in [0, 0.1) is 0 Å². The van der Waals surface area contributed by atoms with Crippen LogP contribution in [0.2, 0.25) is 0 Å². The largest absolute Gasteiger partial charge is 0.370 e. The lowest BCUT2D eigenvalue weighted by atomic mass is 10.1. The first-order valence-electron chi connectivity index (χ1n) is 9.95. The molecule has 4 aromatic rings. The van der Waals surface area contributed by atoms with Crippen LogP contribution in [0.5, 0.6) is 0 Å². The molecule has 0 saturated carbocycles. The Morgan fingerprint density at radius 2 is 1.84 bits per heavy atom. The highest BCUT2D eigenvalue weighted by Gasteiger charge is 2.10. The van der Waals surface area contributed by atoms with Crippen molar-refractivity contribution in [1.82, 2.24) is 20.5 Å². The third kappa shape index (κ3) is 5.24. The van der Waals surface area contributed by atoms with Crippen molar-refractivity contribution in [2.24, 2.45) is 10.7 Å². The number of fused-ring (bicyclic) bond motifs is 1. The Morgan fingerprint density at radius 3 is 2.65 bits per heavy atom. The van der Waals surface area contributed by atoms with Gasteiger partial charge in [0.25, 0.3) is 5.91 Å². The fraction of sp³-hybridized carbons (Fsp3) is 0.130. The van der Waals surface area contributed by atoms with Gasteiger partial charge in [-0.2, -0.15) is 5.10 Å². The number of amides is 1. The SMILES string of the molecule is NC(=NCc1ccc(C(=O)Nc2ccnc3[nH]ncc23)cc1)NCCc1ccccc1. The van der Waals surface area contributed by atoms with Crippen molar-refractivity contribution < 1.29 is 4.79 Å². The predicted octanol–water partition coefficient (Wildman–Crippen LogP) is 2.86. The molecule has 0 radical (unpaired) electrons. The summed E-state index contributed by atoms with van der Waals surface area (Å²) < 4.78 is 0. The molecule has 8 nitrogen and oxygen atoms in total. The minimum Gasteiger partial charge on any atom is -0.370 e. The second-order valence-corrected chi connectivity index (χ2v) is 7.01. The summed E-state index contributed by atoms with van der Waals surface area (Å²) >= 11 is 0. The fourth-order valence-corrected chi connectivity index (χ4v) is 3.13. The van der Waals surface area contributed by atoms with Gasteiger partial charge in [0.1, 0.15) is 0 Å². The van der Waals surface area contributed by atoms with Crippen molar-refractivity contribution in [2.45, 2.75) is 13.0 Å². The number of benzene rings is 2. The molecule has 2 heterocycles. The Labute approximate surface area is 179 Å². The van der Waals surface area contributed by atoms with Crippen molar-refractivity contribution in [3.8, 4) is 0 Å². The first kappa shape index (κ1) is 20.1. The Bertz CT molecular complexity index is 1180. The van der Waals surface area contributed by atoms with Gasteiger partial charge in [-0.1, -0.05) is 42.5 Å². The van der Waals surface area contributed by atoms with Crippen LogP contribution in [0.25, 0.3) is 11.0 Å². The molecule has 0 atom stereocenters. The van der Waals surface area contributed by atoms with Gasteiger partial charge in [-0.15, -0.1) is 0 Å². The van der Waals surface area contributed by atoms with E-state index in [1.54, 1.807) is 30.6 Å². The lowest BCUT2D eigenvalue weighted by Gasteiger charge is -2.07. The molecule has 0 aliphatic carbocycles. The van der Waals surface area contributed by atoms with Crippen LogP contribution in [-0.2, 0) is 13.0 Å². The van der Waals surface area contributed by atoms with Crippen LogP contribution >= 0.6 is 0 Å². The molecule has 31 heavy (non-hydrogen) atoms. The van der Waals surface area contributed by atoms with Crippen molar-refractivity contribution in [3.05, 3.63) is 89.7 Å². The molecule has 0 fully saturated rings. The van der Waals surface area contributed by atoms with Crippen LogP contribution < -0.4 is 16.4 Å². The van der Waals surface area contributed by atoms with E-state index in [4.69, 9.17) is 5.73 Å². The summed E-state index contributed by atoms with van der Waals surface area (Å²) in [7, 11) is 0. The molecule has 2 aromatic heterocycles. The van der Waals surface area contributed by atoms with Crippen LogP contribution in [0.15, 0.2) is 78.0 Å². The van der Waals surface area contributed by atoms with E-state index in [2.05, 4.69) is 42.9 Å². The average molecular weight is 413 g/mol. The summed E-state index contributed by atoms with van der Waals surface area (Å²) in [5.74, 6) is 0.199. The van der Waals surface area contributed by atoms with E-state index >= 15 is 0 Å². The molecule has 5 N–H and O–H groups in total. The number of aliphatic imine (C=N–C) groups is 1. The molecule has 0 saturated heterocycles. The van der Waals surface area contributed by atoms with E-state index in [9.17, 15) is 4.79 Å². The highest BCUT2D eigenvalue weighted by Crippen LogP contribution is 2.20. The standard InChI is InChI=1S/C23H23N7O/c24-23(26-12-10-16-4-2-1-3-5-16)27-14-17-6-8-18(9-7-17)22(31)29-20-11-13-25-21-19(20)15-28-30-21/h1-9,11,13,15H,10,12,14H2,(H3,24,26,27)(H2,25,28,29,30,31). The van der Waals surface area contributed by atoms with Crippen molar-refractivity contribution >= 4 is 28.6 Å². The predicted molar refractivity (Wildman–Crippen MR) is 122 cm³/mol. The monoisotopic (exact) mass is 413 g/mol. The fourth-order valence-electron chi connectivity index (χ4n) is 3.13. The van der Waals surface area contributed by atoms with Gasteiger partial charge in [-0.25, -0.2) is 9.98 Å². The number of hydrogen-bond donors (Lipinski definition) is 4. The number of rotatable bonds is 7. The highest BCUT2D eigenvalue weighted by molar-refractivity contribution is 6.08. The zero-order valence-corrected chi connectivity index (χ0v) is 16.9. The molecule has 4 rings (SSSR count). The van der Waals surface area contributed by atoms with Crippen molar-refractivity contribution in [1.29, 1.82) is 0 Å². The number of anilines is 1. The van der Waals surface area contributed by atoms with Crippen LogP contribution in [-0.4, -0.2) is 33.6 Å². The maximum Gasteiger partial charge on any atom is 0.255 e. The normalized spacial score (nSPS) is 11.4. The summed E-state index contributed by atoms with van der Waals surface area (Å²) in [5.41, 5.74) is 9.99. The van der Waals surface area contributed by atoms with E-state index in [0.717, 1.165) is 23.9 Å². The number of pyridine rings is 1. The zero-order chi connectivity index (χ0) is 21.5. The Kier molecular flexibility index (Phi) is 6.18. The molecular weight excluding hydrogens is 390 g/mol. The molecule has 8 heteroatoms. The molecule has 0 spiro atoms. The number of H-pyrrole nitrogens is 1. The summed E-state index contributed by atoms with van der Waals surface area (Å²) in [6.07, 6.45) is 4.14. The molecular formula is C23H23N7O. The summed E-state index contributed by atoms with van der Waals surface area (Å²) in [6, 6.07) is 19.2. The summed E-state index contributed by atoms with van der Waals surface area (Å²) in [4.78, 5) is 21.1. The second-order valence-electron chi connectivity index (χ2n) is 7.01. The van der Waals surface area contributed by atoms with E-state index in [1.807, 2.05) is 30.3 Å². The number of guanidine groups is 1. The Hall–Kier alpha value is -4.20. The summed E-state index contributed by atoms with van der Waals surface area (Å²) in [5, 5.41) is 13.5. The summed E-state index contributed by atoms with van der Waals surface area (Å²) in [6.45, 7) is 1.16. The van der Waals surface area contributed by atoms with Crippen molar-refractivity contribution in [3.63, 3.8) is 0 Å². The maximum atomic E-state index is 12.6.